The summed E-state index contributed by atoms with van der Waals surface area (Å²) < 4.78 is 13.8. The van der Waals surface area contributed by atoms with Gasteiger partial charge in [0.1, 0.15) is 5.82 Å². The molecule has 0 aliphatic carbocycles. The van der Waals surface area contributed by atoms with Gasteiger partial charge in [-0.15, -0.1) is 0 Å². The predicted molar refractivity (Wildman–Crippen MR) is 95.8 cm³/mol. The summed E-state index contributed by atoms with van der Waals surface area (Å²) in [5.41, 5.74) is 1.58. The van der Waals surface area contributed by atoms with Gasteiger partial charge in [0.15, 0.2) is 0 Å². The molecule has 26 heavy (non-hydrogen) atoms. The van der Waals surface area contributed by atoms with Crippen LogP contribution >= 0.6 is 0 Å². The number of benzene rings is 2. The lowest BCUT2D eigenvalue weighted by Gasteiger charge is -2.12. The molecule has 6 heteroatoms. The molecule has 134 valence electrons. The van der Waals surface area contributed by atoms with E-state index in [1.54, 1.807) is 13.0 Å². The van der Waals surface area contributed by atoms with Gasteiger partial charge in [-0.25, -0.2) is 4.39 Å². The molecule has 0 atom stereocenters. The number of fused-ring (bicyclic) bond motifs is 1. The van der Waals surface area contributed by atoms with Crippen LogP contribution in [0.4, 0.5) is 10.1 Å². The average molecular weight is 354 g/mol. The molecule has 1 N–H and O–H groups in total. The van der Waals surface area contributed by atoms with Gasteiger partial charge in [0.25, 0.3) is 17.7 Å². The molecular weight excluding hydrogens is 335 g/mol. The van der Waals surface area contributed by atoms with Crippen molar-refractivity contribution in [1.82, 2.24) is 4.90 Å². The van der Waals surface area contributed by atoms with Crippen LogP contribution in [-0.2, 0) is 0 Å². The predicted octanol–water partition coefficient (Wildman–Crippen LogP) is 3.78. The molecule has 0 fully saturated rings. The maximum atomic E-state index is 13.8. The maximum Gasteiger partial charge on any atom is 0.261 e. The first-order valence-corrected chi connectivity index (χ1v) is 8.50. The van der Waals surface area contributed by atoms with Crippen molar-refractivity contribution in [1.29, 1.82) is 0 Å². The molecule has 3 rings (SSSR count). The molecular formula is C20H19FN2O3. The molecule has 3 amide bonds. The summed E-state index contributed by atoms with van der Waals surface area (Å²) in [5, 5.41) is 2.51. The number of nitrogens with one attached hydrogen (secondary N) is 1. The van der Waals surface area contributed by atoms with Gasteiger partial charge >= 0.3 is 0 Å². The number of hydrogen-bond acceptors (Lipinski definition) is 3. The van der Waals surface area contributed by atoms with Gasteiger partial charge in [0.2, 0.25) is 0 Å². The first kappa shape index (κ1) is 17.8. The molecule has 1 aliphatic rings. The largest absolute Gasteiger partial charge is 0.319 e. The van der Waals surface area contributed by atoms with Gasteiger partial charge < -0.3 is 5.32 Å². The van der Waals surface area contributed by atoms with Crippen LogP contribution in [0, 0.1) is 12.7 Å². The summed E-state index contributed by atoms with van der Waals surface area (Å²) in [6, 6.07) is 8.75. The topological polar surface area (TPSA) is 66.5 Å². The highest BCUT2D eigenvalue weighted by Gasteiger charge is 2.35. The Hall–Kier alpha value is -3.02. The highest BCUT2D eigenvalue weighted by Crippen LogP contribution is 2.25. The Labute approximate surface area is 150 Å². The number of amides is 3. The first-order chi connectivity index (χ1) is 12.4. The lowest BCUT2D eigenvalue weighted by Crippen LogP contribution is -2.30. The van der Waals surface area contributed by atoms with E-state index in [0.717, 1.165) is 18.4 Å². The monoisotopic (exact) mass is 354 g/mol. The third kappa shape index (κ3) is 3.22. The van der Waals surface area contributed by atoms with E-state index in [2.05, 4.69) is 5.32 Å². The Morgan fingerprint density at radius 2 is 1.81 bits per heavy atom. The molecule has 5 nitrogen and oxygen atoms in total. The normalized spacial score (nSPS) is 13.1. The van der Waals surface area contributed by atoms with Crippen LogP contribution in [0.5, 0.6) is 0 Å². The molecule has 0 saturated carbocycles. The maximum absolute atomic E-state index is 13.8. The fourth-order valence-corrected chi connectivity index (χ4v) is 2.88. The average Bonchev–Trinajstić information content (AvgIpc) is 2.86. The first-order valence-electron chi connectivity index (χ1n) is 8.50. The summed E-state index contributed by atoms with van der Waals surface area (Å²) in [7, 11) is 0. The Bertz CT molecular complexity index is 908. The van der Waals surface area contributed by atoms with E-state index in [1.165, 1.54) is 35.2 Å². The Balaban J connectivity index is 1.85. The molecule has 2 aromatic rings. The van der Waals surface area contributed by atoms with Crippen molar-refractivity contribution in [3.05, 3.63) is 64.5 Å². The summed E-state index contributed by atoms with van der Waals surface area (Å²) >= 11 is 0. The minimum Gasteiger partial charge on any atom is -0.319 e. The molecule has 0 spiro atoms. The van der Waals surface area contributed by atoms with Crippen LogP contribution in [-0.4, -0.2) is 29.2 Å². The lowest BCUT2D eigenvalue weighted by atomic mass is 10.1. The third-order valence-corrected chi connectivity index (χ3v) is 4.34. The highest BCUT2D eigenvalue weighted by atomic mass is 19.1. The molecule has 0 bridgehead atoms. The molecule has 1 aliphatic heterocycles. The van der Waals surface area contributed by atoms with Gasteiger partial charge in [-0.3, -0.25) is 19.3 Å². The van der Waals surface area contributed by atoms with Gasteiger partial charge in [-0.05, 0) is 49.2 Å². The standard InChI is InChI=1S/C20H19FN2O3/c1-3-4-9-23-19(25)14-7-6-13(11-15(14)20(23)26)18(24)22-17-10-12(2)5-8-16(17)21/h5-8,10-11H,3-4,9H2,1-2H3,(H,22,24). The zero-order chi connectivity index (χ0) is 18.8. The van der Waals surface area contributed by atoms with E-state index in [4.69, 9.17) is 0 Å². The number of unbranched alkanes of at least 4 members (excludes halogenated alkanes) is 1. The highest BCUT2D eigenvalue weighted by molar-refractivity contribution is 6.22. The van der Waals surface area contributed by atoms with Gasteiger partial charge in [0, 0.05) is 12.1 Å². The van der Waals surface area contributed by atoms with E-state index in [9.17, 15) is 18.8 Å². The van der Waals surface area contributed by atoms with Crippen LogP contribution in [0.15, 0.2) is 36.4 Å². The quantitative estimate of drug-likeness (QED) is 0.831. The molecule has 0 radical (unpaired) electrons. The minimum absolute atomic E-state index is 0.0717. The zero-order valence-electron chi connectivity index (χ0n) is 14.6. The molecule has 0 saturated heterocycles. The molecule has 0 aromatic heterocycles. The van der Waals surface area contributed by atoms with Gasteiger partial charge in [-0.2, -0.15) is 0 Å². The Morgan fingerprint density at radius 3 is 2.54 bits per heavy atom. The number of imide groups is 1. The van der Waals surface area contributed by atoms with Crippen molar-refractivity contribution in [2.75, 3.05) is 11.9 Å². The third-order valence-electron chi connectivity index (χ3n) is 4.34. The van der Waals surface area contributed by atoms with Crippen LogP contribution in [0.2, 0.25) is 0 Å². The number of carbonyl (C=O) groups excluding carboxylic acids is 3. The summed E-state index contributed by atoms with van der Waals surface area (Å²) in [5.74, 6) is -1.81. The van der Waals surface area contributed by atoms with Crippen molar-refractivity contribution in [2.45, 2.75) is 26.7 Å². The number of anilines is 1. The molecule has 2 aromatic carbocycles. The Kier molecular flexibility index (Phi) is 4.84. The second-order valence-corrected chi connectivity index (χ2v) is 6.31. The summed E-state index contributed by atoms with van der Waals surface area (Å²) in [6.07, 6.45) is 1.59. The second-order valence-electron chi connectivity index (χ2n) is 6.31. The van der Waals surface area contributed by atoms with E-state index >= 15 is 0 Å². The molecule has 1 heterocycles. The number of nitrogens with zero attached hydrogens (tertiary/aromatic N) is 1. The van der Waals surface area contributed by atoms with E-state index in [0.29, 0.717) is 12.1 Å². The second kappa shape index (κ2) is 7.07. The van der Waals surface area contributed by atoms with Gasteiger partial charge in [-0.1, -0.05) is 19.4 Å². The summed E-state index contributed by atoms with van der Waals surface area (Å²) in [4.78, 5) is 38.4. The minimum atomic E-state index is -0.540. The van der Waals surface area contributed by atoms with Crippen molar-refractivity contribution in [2.24, 2.45) is 0 Å². The van der Waals surface area contributed by atoms with Crippen LogP contribution < -0.4 is 5.32 Å². The lowest BCUT2D eigenvalue weighted by molar-refractivity contribution is 0.0652. The number of aryl methyl sites for hydroxylation is 1. The molecule has 0 unspecified atom stereocenters. The zero-order valence-corrected chi connectivity index (χ0v) is 14.6. The van der Waals surface area contributed by atoms with Crippen LogP contribution in [0.25, 0.3) is 0 Å². The smallest absolute Gasteiger partial charge is 0.261 e. The Morgan fingerprint density at radius 1 is 1.08 bits per heavy atom. The number of hydrogen-bond donors (Lipinski definition) is 1. The van der Waals surface area contributed by atoms with Crippen LogP contribution in [0.3, 0.4) is 0 Å². The fourth-order valence-electron chi connectivity index (χ4n) is 2.88. The SMILES string of the molecule is CCCCN1C(=O)c2ccc(C(=O)Nc3cc(C)ccc3F)cc2C1=O. The summed E-state index contributed by atoms with van der Waals surface area (Å²) in [6.45, 7) is 4.13. The van der Waals surface area contributed by atoms with Crippen LogP contribution in [0.1, 0.15) is 56.4 Å². The van der Waals surface area contributed by atoms with Crippen molar-refractivity contribution in [3.63, 3.8) is 0 Å². The van der Waals surface area contributed by atoms with Gasteiger partial charge in [0.05, 0.1) is 16.8 Å². The number of halogens is 1. The number of rotatable bonds is 5. The van der Waals surface area contributed by atoms with Crippen molar-refractivity contribution >= 4 is 23.4 Å². The fraction of sp³-hybridized carbons (Fsp3) is 0.250. The number of carbonyl (C=O) groups is 3. The van der Waals surface area contributed by atoms with E-state index in [-0.39, 0.29) is 22.7 Å². The van der Waals surface area contributed by atoms with E-state index in [1.807, 2.05) is 6.92 Å². The van der Waals surface area contributed by atoms with Crippen molar-refractivity contribution < 1.29 is 18.8 Å². The van der Waals surface area contributed by atoms with E-state index < -0.39 is 17.6 Å². The van der Waals surface area contributed by atoms with Crippen molar-refractivity contribution in [3.8, 4) is 0 Å².